The molecular formula is C46H27NO2S. The van der Waals surface area contributed by atoms with Crippen molar-refractivity contribution in [1.29, 1.82) is 0 Å². The number of hydrogen-bond acceptors (Lipinski definition) is 4. The zero-order valence-corrected chi connectivity index (χ0v) is 27.6. The fourth-order valence-corrected chi connectivity index (χ4v) is 9.00. The van der Waals surface area contributed by atoms with Crippen LogP contribution in [0.15, 0.2) is 173 Å². The number of furan rings is 2. The lowest BCUT2D eigenvalue weighted by Gasteiger charge is -2.26. The van der Waals surface area contributed by atoms with Gasteiger partial charge in [0.25, 0.3) is 0 Å². The summed E-state index contributed by atoms with van der Waals surface area (Å²) in [5.41, 5.74) is 9.09. The van der Waals surface area contributed by atoms with E-state index in [-0.39, 0.29) is 0 Å². The van der Waals surface area contributed by atoms with Crippen LogP contribution in [0.5, 0.6) is 0 Å². The van der Waals surface area contributed by atoms with Crippen molar-refractivity contribution in [3.63, 3.8) is 0 Å². The molecule has 0 aliphatic rings. The van der Waals surface area contributed by atoms with Crippen LogP contribution in [0.4, 0.5) is 17.1 Å². The minimum absolute atomic E-state index is 0.865. The molecule has 11 rings (SSSR count). The highest BCUT2D eigenvalue weighted by Crippen LogP contribution is 2.45. The average molecular weight is 658 g/mol. The van der Waals surface area contributed by atoms with Crippen molar-refractivity contribution in [2.24, 2.45) is 0 Å². The van der Waals surface area contributed by atoms with Crippen molar-refractivity contribution in [1.82, 2.24) is 0 Å². The number of fused-ring (bicyclic) bond motifs is 11. The predicted octanol–water partition coefficient (Wildman–Crippen LogP) is 14.1. The van der Waals surface area contributed by atoms with Gasteiger partial charge in [0.2, 0.25) is 0 Å². The van der Waals surface area contributed by atoms with Gasteiger partial charge in [0.15, 0.2) is 0 Å². The lowest BCUT2D eigenvalue weighted by atomic mass is 9.98. The largest absolute Gasteiger partial charge is 0.456 e. The van der Waals surface area contributed by atoms with Crippen LogP contribution in [0, 0.1) is 0 Å². The Hall–Kier alpha value is -6.36. The summed E-state index contributed by atoms with van der Waals surface area (Å²) in [6.07, 6.45) is 0. The number of rotatable bonds is 4. The van der Waals surface area contributed by atoms with Crippen LogP contribution in [0.2, 0.25) is 0 Å². The molecule has 0 atom stereocenters. The molecule has 0 saturated heterocycles. The van der Waals surface area contributed by atoms with Crippen LogP contribution >= 0.6 is 11.3 Å². The van der Waals surface area contributed by atoms with Gasteiger partial charge in [-0.3, -0.25) is 0 Å². The second kappa shape index (κ2) is 10.6. The first kappa shape index (κ1) is 27.6. The molecule has 8 aromatic carbocycles. The number of hydrogen-bond donors (Lipinski definition) is 0. The highest BCUT2D eigenvalue weighted by Gasteiger charge is 2.19. The van der Waals surface area contributed by atoms with Crippen molar-refractivity contribution in [2.45, 2.75) is 0 Å². The summed E-state index contributed by atoms with van der Waals surface area (Å²) in [4.78, 5) is 2.31. The molecule has 234 valence electrons. The van der Waals surface area contributed by atoms with E-state index in [1.54, 1.807) is 0 Å². The van der Waals surface area contributed by atoms with Gasteiger partial charge < -0.3 is 13.7 Å². The fourth-order valence-electron chi connectivity index (χ4n) is 7.74. The van der Waals surface area contributed by atoms with Gasteiger partial charge in [-0.1, -0.05) is 97.1 Å². The number of para-hydroxylation sites is 2. The third kappa shape index (κ3) is 4.09. The van der Waals surface area contributed by atoms with Crippen LogP contribution in [-0.4, -0.2) is 0 Å². The van der Waals surface area contributed by atoms with E-state index in [9.17, 15) is 0 Å². The maximum Gasteiger partial charge on any atom is 0.137 e. The Morgan fingerprint density at radius 3 is 1.86 bits per heavy atom. The molecule has 4 heteroatoms. The third-order valence-electron chi connectivity index (χ3n) is 10.1. The molecule has 11 aromatic rings. The van der Waals surface area contributed by atoms with E-state index < -0.39 is 0 Å². The molecule has 3 nitrogen and oxygen atoms in total. The standard InChI is InChI=1S/C46H27NO2S/c1-2-9-34-28(8-1)18-23-38-45-33(12-7-15-44(45)50-46(34)38)29-16-19-30(20-17-29)47(31-22-25-42-39(26-31)36-11-4-6-14-41(36)48-42)32-21-24-37-35-10-3-5-13-40(35)49-43(37)27-32/h1-27H. The summed E-state index contributed by atoms with van der Waals surface area (Å²) in [6.45, 7) is 0. The van der Waals surface area contributed by atoms with Gasteiger partial charge in [-0.25, -0.2) is 0 Å². The van der Waals surface area contributed by atoms with Gasteiger partial charge in [-0.2, -0.15) is 0 Å². The van der Waals surface area contributed by atoms with Gasteiger partial charge >= 0.3 is 0 Å². The van der Waals surface area contributed by atoms with Crippen LogP contribution in [0.3, 0.4) is 0 Å². The van der Waals surface area contributed by atoms with Gasteiger partial charge in [-0.05, 0) is 82.6 Å². The summed E-state index contributed by atoms with van der Waals surface area (Å²) < 4.78 is 15.2. The number of nitrogens with zero attached hydrogens (tertiary/aromatic N) is 1. The fraction of sp³-hybridized carbons (Fsp3) is 0. The van der Waals surface area contributed by atoms with E-state index in [0.29, 0.717) is 0 Å². The van der Waals surface area contributed by atoms with Crippen molar-refractivity contribution >= 4 is 103 Å². The van der Waals surface area contributed by atoms with Crippen molar-refractivity contribution in [3.05, 3.63) is 164 Å². The van der Waals surface area contributed by atoms with Gasteiger partial charge in [0, 0.05) is 64.8 Å². The van der Waals surface area contributed by atoms with E-state index in [1.807, 2.05) is 35.6 Å². The van der Waals surface area contributed by atoms with Crippen molar-refractivity contribution in [2.75, 3.05) is 4.90 Å². The van der Waals surface area contributed by atoms with E-state index in [1.165, 1.54) is 42.1 Å². The smallest absolute Gasteiger partial charge is 0.137 e. The Bertz CT molecular complexity index is 3110. The number of anilines is 3. The Morgan fingerprint density at radius 2 is 1.02 bits per heavy atom. The molecule has 3 aromatic heterocycles. The van der Waals surface area contributed by atoms with Gasteiger partial charge in [-0.15, -0.1) is 11.3 Å². The van der Waals surface area contributed by atoms with Crippen molar-refractivity contribution in [3.8, 4) is 11.1 Å². The average Bonchev–Trinajstić information content (AvgIpc) is 3.86. The molecule has 0 spiro atoms. The molecule has 0 aliphatic heterocycles. The molecule has 0 unspecified atom stereocenters. The van der Waals surface area contributed by atoms with Crippen molar-refractivity contribution < 1.29 is 8.83 Å². The maximum absolute atomic E-state index is 6.36. The van der Waals surface area contributed by atoms with Gasteiger partial charge in [0.1, 0.15) is 22.3 Å². The zero-order valence-electron chi connectivity index (χ0n) is 26.8. The van der Waals surface area contributed by atoms with Crippen LogP contribution < -0.4 is 4.90 Å². The van der Waals surface area contributed by atoms with E-state index in [2.05, 4.69) is 144 Å². The van der Waals surface area contributed by atoms with Crippen LogP contribution in [-0.2, 0) is 0 Å². The molecule has 0 N–H and O–H groups in total. The molecule has 0 amide bonds. The number of thiophene rings is 1. The summed E-state index contributed by atoms with van der Waals surface area (Å²) >= 11 is 1.88. The molecule has 3 heterocycles. The molecule has 0 radical (unpaired) electrons. The summed E-state index contributed by atoms with van der Waals surface area (Å²) in [6, 6.07) is 58.4. The Kier molecular flexibility index (Phi) is 5.83. The second-order valence-electron chi connectivity index (χ2n) is 12.9. The predicted molar refractivity (Wildman–Crippen MR) is 212 cm³/mol. The SMILES string of the molecule is c1ccc2c(c1)ccc1c2sc2cccc(-c3ccc(N(c4ccc5c(c4)oc4ccccc45)c4ccc5oc6ccccc6c5c4)cc3)c21. The first-order valence-corrected chi connectivity index (χ1v) is 17.6. The lowest BCUT2D eigenvalue weighted by Crippen LogP contribution is -2.09. The third-order valence-corrected chi connectivity index (χ3v) is 11.3. The van der Waals surface area contributed by atoms with Gasteiger partial charge in [0.05, 0.1) is 0 Å². The lowest BCUT2D eigenvalue weighted by molar-refractivity contribution is 0.668. The molecule has 0 saturated carbocycles. The van der Waals surface area contributed by atoms with E-state index >= 15 is 0 Å². The maximum atomic E-state index is 6.36. The normalized spacial score (nSPS) is 12.0. The van der Waals surface area contributed by atoms with E-state index in [0.717, 1.165) is 60.9 Å². The monoisotopic (exact) mass is 657 g/mol. The minimum Gasteiger partial charge on any atom is -0.456 e. The number of benzene rings is 8. The first-order valence-electron chi connectivity index (χ1n) is 16.8. The van der Waals surface area contributed by atoms with Crippen LogP contribution in [0.1, 0.15) is 0 Å². The molecule has 0 bridgehead atoms. The van der Waals surface area contributed by atoms with Crippen LogP contribution in [0.25, 0.3) is 85.9 Å². The highest BCUT2D eigenvalue weighted by molar-refractivity contribution is 7.26. The molecular weight excluding hydrogens is 631 g/mol. The first-order chi connectivity index (χ1) is 24.8. The highest BCUT2D eigenvalue weighted by atomic mass is 32.1. The molecule has 50 heavy (non-hydrogen) atoms. The Morgan fingerprint density at radius 1 is 0.400 bits per heavy atom. The Balaban J connectivity index is 1.08. The summed E-state index contributed by atoms with van der Waals surface area (Å²) in [7, 11) is 0. The summed E-state index contributed by atoms with van der Waals surface area (Å²) in [5, 5.41) is 9.65. The second-order valence-corrected chi connectivity index (χ2v) is 13.9. The van der Waals surface area contributed by atoms with E-state index in [4.69, 9.17) is 8.83 Å². The minimum atomic E-state index is 0.865. The topological polar surface area (TPSA) is 29.5 Å². The quantitative estimate of drug-likeness (QED) is 0.189. The summed E-state index contributed by atoms with van der Waals surface area (Å²) in [5.74, 6) is 0. The Labute approximate surface area is 290 Å². The molecule has 0 fully saturated rings. The molecule has 0 aliphatic carbocycles. The zero-order chi connectivity index (χ0) is 32.8.